The van der Waals surface area contributed by atoms with Crippen LogP contribution in [0.5, 0.6) is 5.75 Å². The first kappa shape index (κ1) is 21.5. The number of nitrogens with one attached hydrogen (secondary N) is 1. The van der Waals surface area contributed by atoms with Gasteiger partial charge in [0.2, 0.25) is 0 Å². The van der Waals surface area contributed by atoms with Crippen LogP contribution in [0, 0.1) is 0 Å². The minimum Gasteiger partial charge on any atom is -1.00 e. The SMILES string of the molecule is CC(Cc1ccccc1)[NH+]1CCN(C(=O)COc2ccc(Cl)cc2)CC1.[Cl-]. The number of hydrogen-bond acceptors (Lipinski definition) is 2. The summed E-state index contributed by atoms with van der Waals surface area (Å²) in [5.41, 5.74) is 1.38. The summed E-state index contributed by atoms with van der Waals surface area (Å²) < 4.78 is 5.57. The van der Waals surface area contributed by atoms with E-state index < -0.39 is 0 Å². The molecule has 1 heterocycles. The van der Waals surface area contributed by atoms with Gasteiger partial charge in [0, 0.05) is 11.4 Å². The van der Waals surface area contributed by atoms with Crippen molar-refractivity contribution in [3.05, 3.63) is 65.2 Å². The first-order chi connectivity index (χ1) is 12.6. The van der Waals surface area contributed by atoms with Crippen LogP contribution in [0.3, 0.4) is 0 Å². The van der Waals surface area contributed by atoms with Crippen molar-refractivity contribution in [1.82, 2.24) is 4.90 Å². The van der Waals surface area contributed by atoms with Crippen molar-refractivity contribution in [3.8, 4) is 5.75 Å². The molecule has 6 heteroatoms. The zero-order valence-corrected chi connectivity index (χ0v) is 17.0. The molecule has 0 spiro atoms. The van der Waals surface area contributed by atoms with Gasteiger partial charge < -0.3 is 26.9 Å². The van der Waals surface area contributed by atoms with Crippen molar-refractivity contribution < 1.29 is 26.8 Å². The molecule has 1 aliphatic rings. The number of amides is 1. The fourth-order valence-electron chi connectivity index (χ4n) is 3.42. The van der Waals surface area contributed by atoms with Crippen molar-refractivity contribution >= 4 is 17.5 Å². The third-order valence-electron chi connectivity index (χ3n) is 5.02. The van der Waals surface area contributed by atoms with E-state index in [0.29, 0.717) is 16.8 Å². The molecule has 1 N–H and O–H groups in total. The molecule has 1 atom stereocenters. The van der Waals surface area contributed by atoms with E-state index in [1.54, 1.807) is 29.2 Å². The first-order valence-electron chi connectivity index (χ1n) is 9.16. The van der Waals surface area contributed by atoms with Gasteiger partial charge in [0.05, 0.1) is 32.2 Å². The fraction of sp³-hybridized carbons (Fsp3) is 0.381. The molecule has 1 unspecified atom stereocenters. The monoisotopic (exact) mass is 408 g/mol. The van der Waals surface area contributed by atoms with Crippen LogP contribution in [0.25, 0.3) is 0 Å². The summed E-state index contributed by atoms with van der Waals surface area (Å²) in [6, 6.07) is 18.2. The van der Waals surface area contributed by atoms with Crippen LogP contribution >= 0.6 is 11.6 Å². The van der Waals surface area contributed by atoms with E-state index in [1.807, 2.05) is 4.90 Å². The molecule has 1 aliphatic heterocycles. The van der Waals surface area contributed by atoms with E-state index in [9.17, 15) is 4.79 Å². The highest BCUT2D eigenvalue weighted by Crippen LogP contribution is 2.15. The normalized spacial score (nSPS) is 15.7. The van der Waals surface area contributed by atoms with Gasteiger partial charge in [-0.1, -0.05) is 41.9 Å². The molecule has 146 valence electrons. The van der Waals surface area contributed by atoms with Crippen LogP contribution in [0.15, 0.2) is 54.6 Å². The molecule has 3 rings (SSSR count). The third-order valence-corrected chi connectivity index (χ3v) is 5.27. The first-order valence-corrected chi connectivity index (χ1v) is 9.54. The van der Waals surface area contributed by atoms with Crippen LogP contribution in [0.1, 0.15) is 12.5 Å². The smallest absolute Gasteiger partial charge is 0.260 e. The lowest BCUT2D eigenvalue weighted by Gasteiger charge is -2.35. The van der Waals surface area contributed by atoms with Gasteiger partial charge in [-0.2, -0.15) is 0 Å². The van der Waals surface area contributed by atoms with Crippen molar-refractivity contribution in [3.63, 3.8) is 0 Å². The van der Waals surface area contributed by atoms with E-state index in [0.717, 1.165) is 32.6 Å². The van der Waals surface area contributed by atoms with Gasteiger partial charge in [0.15, 0.2) is 6.61 Å². The van der Waals surface area contributed by atoms with Gasteiger partial charge in [0.25, 0.3) is 5.91 Å². The molecular weight excluding hydrogens is 383 g/mol. The highest BCUT2D eigenvalue weighted by atomic mass is 35.5. The van der Waals surface area contributed by atoms with Gasteiger partial charge in [-0.15, -0.1) is 0 Å². The summed E-state index contributed by atoms with van der Waals surface area (Å²) in [5.74, 6) is 0.721. The zero-order chi connectivity index (χ0) is 18.4. The Morgan fingerprint density at radius 2 is 1.74 bits per heavy atom. The Kier molecular flexibility index (Phi) is 8.42. The van der Waals surface area contributed by atoms with Crippen LogP contribution in [0.2, 0.25) is 5.02 Å². The standard InChI is InChI=1S/C21H25ClN2O2.ClH/c1-17(15-18-5-3-2-4-6-18)23-11-13-24(14-12-23)21(25)16-26-20-9-7-19(22)8-10-20;/h2-10,17H,11-16H2,1H3;1H. The molecule has 1 saturated heterocycles. The van der Waals surface area contributed by atoms with E-state index >= 15 is 0 Å². The lowest BCUT2D eigenvalue weighted by Crippen LogP contribution is -3.18. The summed E-state index contributed by atoms with van der Waals surface area (Å²) in [5, 5.41) is 0.660. The Morgan fingerprint density at radius 1 is 1.11 bits per heavy atom. The maximum absolute atomic E-state index is 12.4. The topological polar surface area (TPSA) is 34.0 Å². The summed E-state index contributed by atoms with van der Waals surface area (Å²) in [6.45, 7) is 5.93. The Hall–Kier alpha value is -1.75. The summed E-state index contributed by atoms with van der Waals surface area (Å²) in [4.78, 5) is 15.8. The predicted octanol–water partition coefficient (Wildman–Crippen LogP) is -0.919. The maximum atomic E-state index is 12.4. The van der Waals surface area contributed by atoms with Gasteiger partial charge in [-0.05, 0) is 36.8 Å². The second-order valence-corrected chi connectivity index (χ2v) is 7.31. The Morgan fingerprint density at radius 3 is 2.37 bits per heavy atom. The van der Waals surface area contributed by atoms with E-state index in [4.69, 9.17) is 16.3 Å². The minimum atomic E-state index is 0. The lowest BCUT2D eigenvalue weighted by molar-refractivity contribution is -0.927. The Labute approximate surface area is 172 Å². The Bertz CT molecular complexity index is 702. The number of quaternary nitrogens is 1. The van der Waals surface area contributed by atoms with Gasteiger partial charge in [-0.25, -0.2) is 0 Å². The highest BCUT2D eigenvalue weighted by Gasteiger charge is 2.27. The van der Waals surface area contributed by atoms with Gasteiger partial charge >= 0.3 is 0 Å². The van der Waals surface area contributed by atoms with Gasteiger partial charge in [0.1, 0.15) is 5.75 Å². The molecule has 1 fully saturated rings. The van der Waals surface area contributed by atoms with Crippen molar-refractivity contribution in [2.24, 2.45) is 0 Å². The molecule has 0 radical (unpaired) electrons. The quantitative estimate of drug-likeness (QED) is 0.670. The molecule has 0 bridgehead atoms. The molecule has 0 aliphatic carbocycles. The summed E-state index contributed by atoms with van der Waals surface area (Å²) in [7, 11) is 0. The van der Waals surface area contributed by atoms with Crippen LogP contribution < -0.4 is 22.0 Å². The highest BCUT2D eigenvalue weighted by molar-refractivity contribution is 6.30. The molecule has 27 heavy (non-hydrogen) atoms. The fourth-order valence-corrected chi connectivity index (χ4v) is 3.54. The van der Waals surface area contributed by atoms with Crippen molar-refractivity contribution in [2.75, 3.05) is 32.8 Å². The number of halogens is 2. The predicted molar refractivity (Wildman–Crippen MR) is 104 cm³/mol. The largest absolute Gasteiger partial charge is 1.00 e. The van der Waals surface area contributed by atoms with E-state index in [2.05, 4.69) is 37.3 Å². The number of ether oxygens (including phenoxy) is 1. The lowest BCUT2D eigenvalue weighted by atomic mass is 10.1. The number of carbonyl (C=O) groups is 1. The second-order valence-electron chi connectivity index (χ2n) is 6.87. The molecule has 2 aromatic carbocycles. The van der Waals surface area contributed by atoms with Crippen LogP contribution in [-0.2, 0) is 11.2 Å². The Balaban J connectivity index is 0.00000261. The number of hydrogen-bond donors (Lipinski definition) is 1. The second kappa shape index (κ2) is 10.5. The molecule has 2 aromatic rings. The van der Waals surface area contributed by atoms with Crippen LogP contribution in [-0.4, -0.2) is 49.6 Å². The minimum absolute atomic E-state index is 0. The number of rotatable bonds is 6. The number of carbonyl (C=O) groups excluding carboxylic acids is 1. The zero-order valence-electron chi connectivity index (χ0n) is 15.5. The molecule has 1 amide bonds. The maximum Gasteiger partial charge on any atom is 0.260 e. The average Bonchev–Trinajstić information content (AvgIpc) is 2.68. The number of benzene rings is 2. The molecular formula is C21H26Cl2N2O2. The number of piperazine rings is 1. The molecule has 4 nitrogen and oxygen atoms in total. The average molecular weight is 409 g/mol. The summed E-state index contributed by atoms with van der Waals surface area (Å²) in [6.07, 6.45) is 1.07. The molecule has 0 aromatic heterocycles. The van der Waals surface area contributed by atoms with E-state index in [1.165, 1.54) is 5.56 Å². The third kappa shape index (κ3) is 6.42. The van der Waals surface area contributed by atoms with Crippen molar-refractivity contribution in [2.45, 2.75) is 19.4 Å². The van der Waals surface area contributed by atoms with Gasteiger partial charge in [-0.3, -0.25) is 4.79 Å². The van der Waals surface area contributed by atoms with Crippen molar-refractivity contribution in [1.29, 1.82) is 0 Å². The molecule has 0 saturated carbocycles. The van der Waals surface area contributed by atoms with E-state index in [-0.39, 0.29) is 24.9 Å². The summed E-state index contributed by atoms with van der Waals surface area (Å²) >= 11 is 5.85. The number of nitrogens with zero attached hydrogens (tertiary/aromatic N) is 1. The van der Waals surface area contributed by atoms with Crippen LogP contribution in [0.4, 0.5) is 0 Å².